The molecule has 2 heterocycles. The van der Waals surface area contributed by atoms with Gasteiger partial charge in [-0.15, -0.1) is 0 Å². The van der Waals surface area contributed by atoms with Crippen LogP contribution in [-0.4, -0.2) is 26.9 Å². The van der Waals surface area contributed by atoms with Crippen molar-refractivity contribution in [2.75, 3.05) is 0 Å². The fraction of sp³-hybridized carbons (Fsp3) is 0.778. The number of aromatic nitrogens is 2. The molecule has 6 heteroatoms. The van der Waals surface area contributed by atoms with Crippen LogP contribution in [0.4, 0.5) is 0 Å². The summed E-state index contributed by atoms with van der Waals surface area (Å²) in [6.45, 7) is 2.18. The van der Waals surface area contributed by atoms with E-state index in [1.807, 2.05) is 0 Å². The van der Waals surface area contributed by atoms with Crippen molar-refractivity contribution >= 4 is 0 Å². The summed E-state index contributed by atoms with van der Waals surface area (Å²) < 4.78 is 14.2. The predicted octanol–water partition coefficient (Wildman–Crippen LogP) is 5.43. The molecule has 0 amide bonds. The van der Waals surface area contributed by atoms with E-state index in [1.165, 1.54) is 87.8 Å². The molecule has 6 nitrogen and oxygen atoms in total. The van der Waals surface area contributed by atoms with Crippen LogP contribution in [0.1, 0.15) is 130 Å². The molecule has 3 unspecified atom stereocenters. The maximum absolute atomic E-state index is 12.2. The second-order valence-corrected chi connectivity index (χ2v) is 9.29. The summed E-state index contributed by atoms with van der Waals surface area (Å²) in [7, 11) is 0. The SMILES string of the molecule is [2H]CC1OC(n2cc(C#CCCCCCCCCCCCCCCCC)c(=O)[nH]c2=O)CC1O. The minimum absolute atomic E-state index is 0.0817. The molecule has 1 aromatic rings. The molecule has 2 rings (SSSR count). The minimum atomic E-state index is -0.795. The molecule has 33 heavy (non-hydrogen) atoms. The van der Waals surface area contributed by atoms with Gasteiger partial charge in [0.05, 0.1) is 12.2 Å². The molecule has 1 saturated heterocycles. The average Bonchev–Trinajstić information content (AvgIpc) is 3.20. The quantitative estimate of drug-likeness (QED) is 0.269. The number of ether oxygens (including phenoxy) is 1. The first-order chi connectivity index (χ1) is 16.6. The number of aliphatic hydroxyl groups excluding tert-OH is 1. The van der Waals surface area contributed by atoms with Crippen LogP contribution in [0.2, 0.25) is 0 Å². The van der Waals surface area contributed by atoms with Gasteiger partial charge in [0.1, 0.15) is 11.8 Å². The maximum Gasteiger partial charge on any atom is 0.330 e. The number of nitrogens with one attached hydrogen (secondary N) is 1. The zero-order valence-corrected chi connectivity index (χ0v) is 20.4. The first-order valence-electron chi connectivity index (χ1n) is 13.7. The molecule has 186 valence electrons. The summed E-state index contributed by atoms with van der Waals surface area (Å²) in [5.74, 6) is 5.92. The smallest absolute Gasteiger partial charge is 0.330 e. The highest BCUT2D eigenvalue weighted by Crippen LogP contribution is 2.27. The summed E-state index contributed by atoms with van der Waals surface area (Å²) in [5, 5.41) is 9.93. The standard InChI is InChI=1S/C27H44N2O4/c1-3-4-5-6-7-8-9-10-11-12-13-14-15-16-17-18-19-23-21-29(27(32)28-26(23)31)25-20-24(30)22(2)33-25/h21-22,24-25,30H,3-17,20H2,1-2H3,(H,28,31,32)/i2D. The molecule has 0 bridgehead atoms. The Kier molecular flexibility index (Phi) is 12.4. The molecular formula is C27H44N2O4. The Labute approximate surface area is 200 Å². The van der Waals surface area contributed by atoms with Crippen molar-refractivity contribution in [3.8, 4) is 11.8 Å². The third-order valence-electron chi connectivity index (χ3n) is 6.36. The van der Waals surface area contributed by atoms with E-state index >= 15 is 0 Å². The Morgan fingerprint density at radius 3 is 2.15 bits per heavy atom. The number of hydrogen-bond acceptors (Lipinski definition) is 4. The molecule has 0 aromatic carbocycles. The van der Waals surface area contributed by atoms with Crippen LogP contribution >= 0.6 is 0 Å². The summed E-state index contributed by atoms with van der Waals surface area (Å²) >= 11 is 0. The molecule has 0 radical (unpaired) electrons. The number of aliphatic hydroxyl groups is 1. The van der Waals surface area contributed by atoms with E-state index in [2.05, 4.69) is 23.7 Å². The number of nitrogens with zero attached hydrogens (tertiary/aromatic N) is 1. The number of H-pyrrole nitrogens is 1. The van der Waals surface area contributed by atoms with E-state index in [4.69, 9.17) is 6.11 Å². The van der Waals surface area contributed by atoms with Crippen molar-refractivity contribution < 1.29 is 11.2 Å². The zero-order valence-electron chi connectivity index (χ0n) is 21.4. The highest BCUT2D eigenvalue weighted by molar-refractivity contribution is 5.29. The molecule has 1 aliphatic heterocycles. The van der Waals surface area contributed by atoms with E-state index in [0.29, 0.717) is 0 Å². The molecule has 1 aliphatic rings. The highest BCUT2D eigenvalue weighted by Gasteiger charge is 2.32. The van der Waals surface area contributed by atoms with Gasteiger partial charge in [-0.25, -0.2) is 4.79 Å². The van der Waals surface area contributed by atoms with Gasteiger partial charge in [-0.2, -0.15) is 0 Å². The summed E-state index contributed by atoms with van der Waals surface area (Å²) in [6.07, 6.45) is 18.6. The minimum Gasteiger partial charge on any atom is -0.390 e. The Morgan fingerprint density at radius 1 is 1.03 bits per heavy atom. The predicted molar refractivity (Wildman–Crippen MR) is 133 cm³/mol. The zero-order chi connectivity index (χ0) is 24.6. The number of hydrogen-bond donors (Lipinski definition) is 2. The van der Waals surface area contributed by atoms with E-state index in [-0.39, 0.29) is 18.9 Å². The monoisotopic (exact) mass is 461 g/mol. The lowest BCUT2D eigenvalue weighted by atomic mass is 10.0. The molecule has 0 spiro atoms. The molecular weight excluding hydrogens is 416 g/mol. The lowest BCUT2D eigenvalue weighted by Crippen LogP contribution is -2.33. The van der Waals surface area contributed by atoms with Crippen molar-refractivity contribution in [2.45, 2.75) is 135 Å². The van der Waals surface area contributed by atoms with Crippen LogP contribution in [0.3, 0.4) is 0 Å². The van der Waals surface area contributed by atoms with Crippen LogP contribution in [0, 0.1) is 11.8 Å². The lowest BCUT2D eigenvalue weighted by molar-refractivity contribution is -0.0101. The summed E-state index contributed by atoms with van der Waals surface area (Å²) in [6, 6.07) is 0. The Hall–Kier alpha value is -1.84. The van der Waals surface area contributed by atoms with Crippen LogP contribution < -0.4 is 11.2 Å². The Balaban J connectivity index is 1.60. The third kappa shape index (κ3) is 10.3. The van der Waals surface area contributed by atoms with Gasteiger partial charge in [-0.3, -0.25) is 14.3 Å². The Morgan fingerprint density at radius 2 is 1.61 bits per heavy atom. The maximum atomic E-state index is 12.2. The van der Waals surface area contributed by atoms with Gasteiger partial charge in [0.2, 0.25) is 0 Å². The van der Waals surface area contributed by atoms with Crippen molar-refractivity contribution in [1.29, 1.82) is 0 Å². The second-order valence-electron chi connectivity index (χ2n) is 9.29. The topological polar surface area (TPSA) is 84.3 Å². The second kappa shape index (κ2) is 15.9. The summed E-state index contributed by atoms with van der Waals surface area (Å²) in [4.78, 5) is 26.5. The van der Waals surface area contributed by atoms with Gasteiger partial charge in [-0.1, -0.05) is 102 Å². The van der Waals surface area contributed by atoms with E-state index < -0.39 is 29.7 Å². The fourth-order valence-corrected chi connectivity index (χ4v) is 4.24. The van der Waals surface area contributed by atoms with Gasteiger partial charge in [0.25, 0.3) is 5.56 Å². The van der Waals surface area contributed by atoms with Crippen molar-refractivity contribution in [3.05, 3.63) is 32.6 Å². The van der Waals surface area contributed by atoms with E-state index in [1.54, 1.807) is 0 Å². The van der Waals surface area contributed by atoms with E-state index in [9.17, 15) is 14.7 Å². The van der Waals surface area contributed by atoms with Crippen LogP contribution in [-0.2, 0) is 4.74 Å². The van der Waals surface area contributed by atoms with Gasteiger partial charge < -0.3 is 9.84 Å². The van der Waals surface area contributed by atoms with Crippen LogP contribution in [0.25, 0.3) is 0 Å². The fourth-order valence-electron chi connectivity index (χ4n) is 4.24. The number of unbranched alkanes of at least 4 members (excludes halogenated alkanes) is 14. The molecule has 2 N–H and O–H groups in total. The van der Waals surface area contributed by atoms with Crippen molar-refractivity contribution in [3.63, 3.8) is 0 Å². The summed E-state index contributed by atoms with van der Waals surface area (Å²) in [5.41, 5.74) is -0.881. The molecule has 0 aliphatic carbocycles. The number of aromatic amines is 1. The lowest BCUT2D eigenvalue weighted by Gasteiger charge is -2.13. The number of rotatable bonds is 15. The van der Waals surface area contributed by atoms with Gasteiger partial charge in [-0.05, 0) is 13.3 Å². The Bertz CT molecular complexity index is 870. The first kappa shape index (κ1) is 25.8. The van der Waals surface area contributed by atoms with Crippen LogP contribution in [0.5, 0.6) is 0 Å². The van der Waals surface area contributed by atoms with Gasteiger partial charge in [0, 0.05) is 20.4 Å². The molecule has 3 atom stereocenters. The van der Waals surface area contributed by atoms with Crippen molar-refractivity contribution in [2.24, 2.45) is 0 Å². The van der Waals surface area contributed by atoms with E-state index in [0.717, 1.165) is 19.3 Å². The average molecular weight is 462 g/mol. The van der Waals surface area contributed by atoms with Crippen molar-refractivity contribution in [1.82, 2.24) is 9.55 Å². The highest BCUT2D eigenvalue weighted by atomic mass is 16.5. The third-order valence-corrected chi connectivity index (χ3v) is 6.36. The molecule has 1 fully saturated rings. The van der Waals surface area contributed by atoms with Gasteiger partial charge in [0.15, 0.2) is 0 Å². The molecule has 0 saturated carbocycles. The van der Waals surface area contributed by atoms with Gasteiger partial charge >= 0.3 is 5.69 Å². The van der Waals surface area contributed by atoms with Crippen LogP contribution in [0.15, 0.2) is 15.8 Å². The largest absolute Gasteiger partial charge is 0.390 e. The normalized spacial score (nSPS) is 20.4. The molecule has 1 aromatic heterocycles. The first-order valence-corrected chi connectivity index (χ1v) is 13.0.